The second-order valence-electron chi connectivity index (χ2n) is 4.98. The van der Waals surface area contributed by atoms with Crippen molar-refractivity contribution in [1.29, 1.82) is 0 Å². The Balaban J connectivity index is 2.06. The smallest absolute Gasteiger partial charge is 0.133 e. The van der Waals surface area contributed by atoms with Crippen molar-refractivity contribution in [3.05, 3.63) is 62.5 Å². The zero-order valence-corrected chi connectivity index (χ0v) is 15.2. The van der Waals surface area contributed by atoms with E-state index in [1.54, 1.807) is 0 Å². The molecule has 0 aliphatic carbocycles. The first kappa shape index (κ1) is 16.5. The van der Waals surface area contributed by atoms with Crippen LogP contribution in [-0.2, 0) is 6.42 Å². The summed E-state index contributed by atoms with van der Waals surface area (Å²) >= 11 is 7.00. The Bertz CT molecular complexity index is 584. The minimum atomic E-state index is -0.0253. The number of ether oxygens (including phenoxy) is 1. The predicted octanol–water partition coefficient (Wildman–Crippen LogP) is 5.24. The maximum absolute atomic E-state index is 6.31. The quantitative estimate of drug-likeness (QED) is 0.703. The average molecular weight is 413 g/mol. The van der Waals surface area contributed by atoms with Crippen LogP contribution in [0.5, 0.6) is 5.75 Å². The zero-order valence-electron chi connectivity index (χ0n) is 12.0. The molecule has 4 heteroatoms. The van der Waals surface area contributed by atoms with Gasteiger partial charge in [-0.15, -0.1) is 0 Å². The number of nitrogens with two attached hydrogens (primary N) is 1. The Kier molecular flexibility index (Phi) is 6.27. The lowest BCUT2D eigenvalue weighted by Gasteiger charge is -2.14. The van der Waals surface area contributed by atoms with Crippen molar-refractivity contribution < 1.29 is 4.74 Å². The van der Waals surface area contributed by atoms with Crippen molar-refractivity contribution in [3.8, 4) is 5.75 Å². The summed E-state index contributed by atoms with van der Waals surface area (Å²) < 4.78 is 7.70. The second-order valence-corrected chi connectivity index (χ2v) is 6.75. The van der Waals surface area contributed by atoms with Gasteiger partial charge in [0.05, 0.1) is 11.1 Å². The van der Waals surface area contributed by atoms with E-state index >= 15 is 0 Å². The fraction of sp³-hybridized carbons (Fsp3) is 0.294. The molecule has 0 aliphatic heterocycles. The van der Waals surface area contributed by atoms with E-state index < -0.39 is 0 Å². The molecule has 0 saturated heterocycles. The number of halogens is 2. The number of hydrogen-bond acceptors (Lipinski definition) is 2. The third-order valence-corrected chi connectivity index (χ3v) is 4.36. The van der Waals surface area contributed by atoms with Crippen LogP contribution in [0.1, 0.15) is 30.5 Å². The van der Waals surface area contributed by atoms with Crippen LogP contribution in [0, 0.1) is 0 Å². The summed E-state index contributed by atoms with van der Waals surface area (Å²) in [6.45, 7) is 2.82. The van der Waals surface area contributed by atoms with Gasteiger partial charge >= 0.3 is 0 Å². The van der Waals surface area contributed by atoms with Gasteiger partial charge in [0.2, 0.25) is 0 Å². The zero-order chi connectivity index (χ0) is 15.2. The van der Waals surface area contributed by atoms with Gasteiger partial charge in [0.15, 0.2) is 0 Å². The fourth-order valence-electron chi connectivity index (χ4n) is 2.07. The molecule has 0 heterocycles. The first-order valence-electron chi connectivity index (χ1n) is 7.02. The average Bonchev–Trinajstić information content (AvgIpc) is 2.48. The van der Waals surface area contributed by atoms with E-state index in [0.29, 0.717) is 0 Å². The molecule has 2 rings (SSSR count). The van der Waals surface area contributed by atoms with Crippen molar-refractivity contribution in [2.45, 2.75) is 25.8 Å². The third-order valence-electron chi connectivity index (χ3n) is 3.21. The van der Waals surface area contributed by atoms with Gasteiger partial charge in [-0.05, 0) is 64.2 Å². The van der Waals surface area contributed by atoms with Gasteiger partial charge in [0, 0.05) is 10.5 Å². The summed E-state index contributed by atoms with van der Waals surface area (Å²) in [6, 6.07) is 14.3. The molecule has 2 aromatic carbocycles. The van der Waals surface area contributed by atoms with Crippen LogP contribution in [0.4, 0.5) is 0 Å². The molecule has 0 radical (unpaired) electrons. The van der Waals surface area contributed by atoms with Gasteiger partial charge in [-0.2, -0.15) is 0 Å². The normalized spacial score (nSPS) is 12.2. The SMILES string of the molecule is CCCOc1ccc(C(N)Cc2ccc(Br)cc2)cc1Br. The molecular weight excluding hydrogens is 394 g/mol. The third kappa shape index (κ3) is 4.83. The van der Waals surface area contributed by atoms with Crippen LogP contribution in [-0.4, -0.2) is 6.61 Å². The molecule has 2 nitrogen and oxygen atoms in total. The molecule has 0 saturated carbocycles. The Morgan fingerprint density at radius 3 is 2.43 bits per heavy atom. The highest BCUT2D eigenvalue weighted by atomic mass is 79.9. The van der Waals surface area contributed by atoms with Gasteiger partial charge in [-0.3, -0.25) is 0 Å². The van der Waals surface area contributed by atoms with E-state index in [9.17, 15) is 0 Å². The Morgan fingerprint density at radius 2 is 1.81 bits per heavy atom. The number of rotatable bonds is 6. The highest BCUT2D eigenvalue weighted by molar-refractivity contribution is 9.10. The highest BCUT2D eigenvalue weighted by Gasteiger charge is 2.10. The largest absolute Gasteiger partial charge is 0.492 e. The summed E-state index contributed by atoms with van der Waals surface area (Å²) in [4.78, 5) is 0. The van der Waals surface area contributed by atoms with Crippen LogP contribution < -0.4 is 10.5 Å². The van der Waals surface area contributed by atoms with E-state index in [1.807, 2.05) is 24.3 Å². The van der Waals surface area contributed by atoms with Crippen LogP contribution in [0.25, 0.3) is 0 Å². The van der Waals surface area contributed by atoms with E-state index in [1.165, 1.54) is 5.56 Å². The standard InChI is InChI=1S/C17H19Br2NO/c1-2-9-21-17-8-5-13(11-15(17)19)16(20)10-12-3-6-14(18)7-4-12/h3-8,11,16H,2,9-10,20H2,1H3. The summed E-state index contributed by atoms with van der Waals surface area (Å²) in [6.07, 6.45) is 1.81. The molecule has 2 aromatic rings. The Morgan fingerprint density at radius 1 is 1.10 bits per heavy atom. The lowest BCUT2D eigenvalue weighted by atomic mass is 10.00. The van der Waals surface area contributed by atoms with Crippen LogP contribution in [0.15, 0.2) is 51.4 Å². The molecule has 112 valence electrons. The molecule has 0 aliphatic rings. The second kappa shape index (κ2) is 7.97. The lowest BCUT2D eigenvalue weighted by molar-refractivity contribution is 0.315. The van der Waals surface area contributed by atoms with Crippen molar-refractivity contribution >= 4 is 31.9 Å². The van der Waals surface area contributed by atoms with Crippen LogP contribution in [0.2, 0.25) is 0 Å². The van der Waals surface area contributed by atoms with Gasteiger partial charge < -0.3 is 10.5 Å². The maximum atomic E-state index is 6.31. The minimum absolute atomic E-state index is 0.0253. The number of hydrogen-bond donors (Lipinski definition) is 1. The maximum Gasteiger partial charge on any atom is 0.133 e. The first-order valence-corrected chi connectivity index (χ1v) is 8.61. The predicted molar refractivity (Wildman–Crippen MR) is 94.7 cm³/mol. The molecule has 0 fully saturated rings. The lowest BCUT2D eigenvalue weighted by Crippen LogP contribution is -2.13. The molecule has 0 aromatic heterocycles. The molecule has 0 spiro atoms. The number of benzene rings is 2. The summed E-state index contributed by atoms with van der Waals surface area (Å²) in [5.41, 5.74) is 8.65. The minimum Gasteiger partial charge on any atom is -0.492 e. The van der Waals surface area contributed by atoms with Gasteiger partial charge in [-0.1, -0.05) is 41.1 Å². The molecule has 0 amide bonds. The van der Waals surface area contributed by atoms with Gasteiger partial charge in [0.1, 0.15) is 5.75 Å². The van der Waals surface area contributed by atoms with Crippen LogP contribution >= 0.6 is 31.9 Å². The Hall–Kier alpha value is -0.840. The molecule has 0 bridgehead atoms. The van der Waals surface area contributed by atoms with Gasteiger partial charge in [-0.25, -0.2) is 0 Å². The topological polar surface area (TPSA) is 35.2 Å². The van der Waals surface area contributed by atoms with E-state index in [2.05, 4.69) is 57.0 Å². The molecule has 1 atom stereocenters. The Labute approximate surface area is 143 Å². The van der Waals surface area contributed by atoms with E-state index in [0.717, 1.165) is 39.7 Å². The highest BCUT2D eigenvalue weighted by Crippen LogP contribution is 2.29. The van der Waals surface area contributed by atoms with Crippen molar-refractivity contribution in [3.63, 3.8) is 0 Å². The monoisotopic (exact) mass is 411 g/mol. The van der Waals surface area contributed by atoms with Crippen molar-refractivity contribution in [2.75, 3.05) is 6.61 Å². The molecule has 1 unspecified atom stereocenters. The molecule has 21 heavy (non-hydrogen) atoms. The van der Waals surface area contributed by atoms with E-state index in [-0.39, 0.29) is 6.04 Å². The first-order chi connectivity index (χ1) is 10.1. The molecular formula is C17H19Br2NO. The van der Waals surface area contributed by atoms with Crippen molar-refractivity contribution in [2.24, 2.45) is 5.73 Å². The molecule has 2 N–H and O–H groups in total. The van der Waals surface area contributed by atoms with Crippen molar-refractivity contribution in [1.82, 2.24) is 0 Å². The summed E-state index contributed by atoms with van der Waals surface area (Å²) in [7, 11) is 0. The van der Waals surface area contributed by atoms with E-state index in [4.69, 9.17) is 10.5 Å². The summed E-state index contributed by atoms with van der Waals surface area (Å²) in [5, 5.41) is 0. The fourth-order valence-corrected chi connectivity index (χ4v) is 2.84. The van der Waals surface area contributed by atoms with Crippen LogP contribution in [0.3, 0.4) is 0 Å². The summed E-state index contributed by atoms with van der Waals surface area (Å²) in [5.74, 6) is 0.872. The van der Waals surface area contributed by atoms with Gasteiger partial charge in [0.25, 0.3) is 0 Å².